The van der Waals surface area contributed by atoms with Crippen LogP contribution < -0.4 is 9.47 Å². The molecule has 2 aromatic rings. The van der Waals surface area contributed by atoms with Gasteiger partial charge >= 0.3 is 20.1 Å². The van der Waals surface area contributed by atoms with Gasteiger partial charge in [0.2, 0.25) is 0 Å². The van der Waals surface area contributed by atoms with Gasteiger partial charge in [-0.2, -0.15) is 0 Å². The van der Waals surface area contributed by atoms with Gasteiger partial charge in [-0.15, -0.1) is 0 Å². The first-order valence-electron chi connectivity index (χ1n) is 8.25. The van der Waals surface area contributed by atoms with Crippen molar-refractivity contribution in [3.63, 3.8) is 0 Å². The summed E-state index contributed by atoms with van der Waals surface area (Å²) in [5, 5.41) is 9.12. The predicted molar refractivity (Wildman–Crippen MR) is 117 cm³/mol. The van der Waals surface area contributed by atoms with Crippen LogP contribution in [0.25, 0.3) is 10.6 Å². The molecule has 1 radical (unpaired) electrons. The van der Waals surface area contributed by atoms with Crippen LogP contribution in [-0.4, -0.2) is 37.6 Å². The molecular formula is C19H20N4O3S2Tc. The van der Waals surface area contributed by atoms with Crippen LogP contribution in [0.5, 0.6) is 11.5 Å². The summed E-state index contributed by atoms with van der Waals surface area (Å²) in [5.41, 5.74) is 1.49. The second-order valence-corrected chi connectivity index (χ2v) is 6.03. The molecule has 10 heteroatoms. The number of nitrogens with zero attached hydrogens (tertiary/aromatic N) is 4. The molecule has 0 saturated carbocycles. The van der Waals surface area contributed by atoms with Gasteiger partial charge in [0.1, 0.15) is 11.5 Å². The normalized spacial score (nSPS) is 11.0. The van der Waals surface area contributed by atoms with Crippen LogP contribution in [0.1, 0.15) is 6.42 Å². The zero-order chi connectivity index (χ0) is 19.5. The minimum absolute atomic E-state index is 0. The predicted octanol–water partition coefficient (Wildman–Crippen LogP) is 4.49. The van der Waals surface area contributed by atoms with E-state index in [2.05, 4.69) is 20.6 Å². The number of hydrogen-bond donors (Lipinski definition) is 0. The second-order valence-electron chi connectivity index (χ2n) is 5.30. The van der Waals surface area contributed by atoms with Crippen LogP contribution in [0.4, 0.5) is 11.4 Å². The summed E-state index contributed by atoms with van der Waals surface area (Å²) in [6.07, 6.45) is 0.719. The van der Waals surface area contributed by atoms with Gasteiger partial charge in [0.25, 0.3) is 0 Å². The van der Waals surface area contributed by atoms with E-state index in [0.717, 1.165) is 29.3 Å². The molecule has 0 aliphatic heterocycles. The first-order valence-corrected chi connectivity index (χ1v) is 9.07. The Labute approximate surface area is 195 Å². The van der Waals surface area contributed by atoms with Crippen molar-refractivity contribution in [3.8, 4) is 11.5 Å². The maximum atomic E-state index is 5.16. The monoisotopic (exact) mass is 515 g/mol. The summed E-state index contributed by atoms with van der Waals surface area (Å²) in [6, 6.07) is 14.6. The number of aliphatic imine (C=N–C) groups is 2. The van der Waals surface area contributed by atoms with Crippen LogP contribution in [0.3, 0.4) is 0 Å². The van der Waals surface area contributed by atoms with E-state index in [1.807, 2.05) is 48.5 Å². The Hall–Kier alpha value is -1.97. The smallest absolute Gasteiger partial charge is 2.00 e. The maximum Gasteiger partial charge on any atom is 6.00 e. The van der Waals surface area contributed by atoms with Crippen LogP contribution in [0.2, 0.25) is 0 Å². The van der Waals surface area contributed by atoms with Crippen molar-refractivity contribution in [2.24, 2.45) is 9.98 Å². The molecule has 0 aliphatic carbocycles. The van der Waals surface area contributed by atoms with Crippen molar-refractivity contribution in [1.29, 1.82) is 0 Å². The minimum Gasteiger partial charge on any atom is -2.00 e. The van der Waals surface area contributed by atoms with Crippen molar-refractivity contribution in [2.45, 2.75) is 6.42 Å². The van der Waals surface area contributed by atoms with Crippen LogP contribution in [-0.2, 0) is 50.8 Å². The molecule has 0 bridgehead atoms. The average Bonchev–Trinajstić information content (AvgIpc) is 2.69. The topological polar surface area (TPSA) is 99.9 Å². The fourth-order valence-electron chi connectivity index (χ4n) is 2.03. The number of ether oxygens (including phenoxy) is 2. The van der Waals surface area contributed by atoms with Gasteiger partial charge in [0, 0.05) is 0 Å². The number of benzene rings is 2. The molecule has 0 amide bonds. The SMILES string of the molecule is COc1ccc(N=C([S-])[N-]CCC[N-]C([S-])=Nc2ccc(OC)cc2)cc1.[99Tc+6].[O-2]. The van der Waals surface area contributed by atoms with E-state index in [-0.39, 0.29) is 25.6 Å². The van der Waals surface area contributed by atoms with Crippen molar-refractivity contribution in [3.05, 3.63) is 59.2 Å². The Bertz CT molecular complexity index is 707. The Morgan fingerprint density at radius 3 is 1.41 bits per heavy atom. The van der Waals surface area contributed by atoms with E-state index >= 15 is 0 Å². The van der Waals surface area contributed by atoms with Gasteiger partial charge in [-0.1, -0.05) is 43.8 Å². The Balaban J connectivity index is 0.00000392. The van der Waals surface area contributed by atoms with Crippen molar-refractivity contribution in [2.75, 3.05) is 27.3 Å². The number of methoxy groups -OCH3 is 2. The van der Waals surface area contributed by atoms with Crippen molar-refractivity contribution < 1.29 is 35.1 Å². The molecule has 0 aliphatic rings. The molecule has 153 valence electrons. The molecule has 0 heterocycles. The summed E-state index contributed by atoms with van der Waals surface area (Å²) in [7, 11) is 3.24. The number of rotatable bonds is 8. The molecule has 0 atom stereocenters. The number of amidine groups is 2. The second kappa shape index (κ2) is 14.9. The Morgan fingerprint density at radius 2 is 1.10 bits per heavy atom. The zero-order valence-corrected chi connectivity index (χ0v) is 19.4. The van der Waals surface area contributed by atoms with Gasteiger partial charge in [0.15, 0.2) is 0 Å². The molecule has 0 aromatic heterocycles. The molecule has 0 fully saturated rings. The van der Waals surface area contributed by atoms with E-state index in [0.29, 0.717) is 23.4 Å². The van der Waals surface area contributed by atoms with Crippen LogP contribution in [0.15, 0.2) is 58.5 Å². The summed E-state index contributed by atoms with van der Waals surface area (Å²) < 4.78 is 10.2. The van der Waals surface area contributed by atoms with Gasteiger partial charge in [-0.25, -0.2) is 10.3 Å². The van der Waals surface area contributed by atoms with E-state index < -0.39 is 0 Å². The third-order valence-corrected chi connectivity index (χ3v) is 3.85. The van der Waals surface area contributed by atoms with E-state index in [4.69, 9.17) is 34.7 Å². The van der Waals surface area contributed by atoms with Crippen molar-refractivity contribution in [1.82, 2.24) is 0 Å². The summed E-state index contributed by atoms with van der Waals surface area (Å²) in [5.74, 6) is 1.55. The van der Waals surface area contributed by atoms with Gasteiger partial charge in [-0.3, -0.25) is 0 Å². The van der Waals surface area contributed by atoms with E-state index in [9.17, 15) is 0 Å². The van der Waals surface area contributed by atoms with E-state index in [1.54, 1.807) is 14.2 Å². The largest absolute Gasteiger partial charge is 6.00 e. The number of hydrogen-bond acceptors (Lipinski definition) is 6. The molecular weight excluding hydrogens is 495 g/mol. The third-order valence-electron chi connectivity index (χ3n) is 3.40. The fourth-order valence-corrected chi connectivity index (χ4v) is 2.42. The van der Waals surface area contributed by atoms with Gasteiger partial charge < -0.3 is 60.8 Å². The molecule has 2 rings (SSSR count). The quantitative estimate of drug-likeness (QED) is 0.224. The molecule has 0 spiro atoms. The first kappa shape index (κ1) is 27.0. The summed E-state index contributed by atoms with van der Waals surface area (Å²) in [6.45, 7) is 1.07. The first-order chi connectivity index (χ1) is 13.1. The summed E-state index contributed by atoms with van der Waals surface area (Å²) in [4.78, 5) is 8.52. The Kier molecular flexibility index (Phi) is 13.9. The fraction of sp³-hybridized carbons (Fsp3) is 0.263. The molecule has 2 aromatic carbocycles. The van der Waals surface area contributed by atoms with Gasteiger partial charge in [-0.05, 0) is 35.6 Å². The summed E-state index contributed by atoms with van der Waals surface area (Å²) >= 11 is 10.3. The Morgan fingerprint density at radius 1 is 0.759 bits per heavy atom. The molecule has 0 saturated heterocycles. The standard InChI is InChI=1S/C19H22N4O2S2.O.Tc/c1-24-16-8-4-14(5-9-16)22-18(26)20-12-3-13-21-19(27)23-15-6-10-17(25-2)11-7-15;;/h4-11H,3,12-13H2,1-2H3,(H2-2,20,21,22,23,26,27);;/q2*-2;+6/p-2/i;;1+1. The maximum absolute atomic E-state index is 5.16. The molecule has 0 unspecified atom stereocenters. The van der Waals surface area contributed by atoms with Crippen molar-refractivity contribution >= 4 is 47.0 Å². The van der Waals surface area contributed by atoms with Crippen LogP contribution in [0, 0.1) is 0 Å². The third kappa shape index (κ3) is 10.4. The average molecular weight is 515 g/mol. The molecule has 0 N–H and O–H groups in total. The molecule has 7 nitrogen and oxygen atoms in total. The van der Waals surface area contributed by atoms with Crippen LogP contribution >= 0.6 is 0 Å². The van der Waals surface area contributed by atoms with E-state index in [1.165, 1.54) is 0 Å². The zero-order valence-electron chi connectivity index (χ0n) is 15.9. The van der Waals surface area contributed by atoms with Gasteiger partial charge in [0.05, 0.1) is 14.2 Å². The minimum atomic E-state index is 0. The molecule has 29 heavy (non-hydrogen) atoms.